The van der Waals surface area contributed by atoms with Gasteiger partial charge in [0.2, 0.25) is 0 Å². The molecule has 1 atom stereocenters. The topological polar surface area (TPSA) is 85.9 Å². The second kappa shape index (κ2) is 10.8. The van der Waals surface area contributed by atoms with Crippen LogP contribution in [0.3, 0.4) is 0 Å². The minimum atomic E-state index is -4.97. The van der Waals surface area contributed by atoms with E-state index in [4.69, 9.17) is 13.8 Å². The number of benzene rings is 2. The first-order valence-electron chi connectivity index (χ1n) is 9.51. The third-order valence-electron chi connectivity index (χ3n) is 4.14. The number of nitrogens with one attached hydrogen (secondary N) is 2. The zero-order valence-electron chi connectivity index (χ0n) is 17.5. The van der Waals surface area contributed by atoms with Gasteiger partial charge < -0.3 is 19.1 Å². The number of halogens is 4. The molecule has 0 heterocycles. The Morgan fingerprint density at radius 1 is 1.06 bits per heavy atom. The first-order chi connectivity index (χ1) is 15.0. The van der Waals surface area contributed by atoms with Crippen LogP contribution in [0, 0.1) is 5.82 Å². The van der Waals surface area contributed by atoms with Crippen LogP contribution in [0.2, 0.25) is 0 Å². The van der Waals surface area contributed by atoms with Gasteiger partial charge in [-0.2, -0.15) is 13.2 Å². The Balaban J connectivity index is 2.58. The van der Waals surface area contributed by atoms with E-state index >= 15 is 0 Å². The van der Waals surface area contributed by atoms with E-state index in [2.05, 4.69) is 5.32 Å². The van der Waals surface area contributed by atoms with Crippen LogP contribution < -0.4 is 15.4 Å². The van der Waals surface area contributed by atoms with Gasteiger partial charge in [-0.3, -0.25) is 14.7 Å². The molecule has 0 fully saturated rings. The van der Waals surface area contributed by atoms with Gasteiger partial charge in [0, 0.05) is 5.69 Å². The summed E-state index contributed by atoms with van der Waals surface area (Å²) < 4.78 is 81.0. The molecule has 2 aromatic rings. The summed E-state index contributed by atoms with van der Waals surface area (Å²) in [5.74, 6) is -3.14. The number of anilines is 1. The molecule has 2 aromatic carbocycles. The van der Waals surface area contributed by atoms with Gasteiger partial charge in [-0.05, 0) is 49.7 Å². The molecule has 0 bridgehead atoms. The van der Waals surface area contributed by atoms with Gasteiger partial charge >= 0.3 is 13.9 Å². The summed E-state index contributed by atoms with van der Waals surface area (Å²) in [6, 6.07) is 8.70. The Bertz CT molecular complexity index is 959. The highest BCUT2D eigenvalue weighted by atomic mass is 31.2. The number of hydrogen-bond donors (Lipinski definition) is 2. The zero-order chi connectivity index (χ0) is 23.9. The highest BCUT2D eigenvalue weighted by Gasteiger charge is 2.38. The molecule has 0 aliphatic rings. The average Bonchev–Trinajstić information content (AvgIpc) is 2.72. The molecular formula is C20H23F4N2O5P. The molecule has 0 saturated carbocycles. The fourth-order valence-electron chi connectivity index (χ4n) is 2.84. The number of alkyl halides is 3. The number of hydrogen-bond acceptors (Lipinski definition) is 6. The van der Waals surface area contributed by atoms with Crippen LogP contribution in [0.25, 0.3) is 0 Å². The van der Waals surface area contributed by atoms with Gasteiger partial charge in [0.25, 0.3) is 5.91 Å². The smallest absolute Gasteiger partial charge is 0.484 e. The predicted molar refractivity (Wildman–Crippen MR) is 110 cm³/mol. The normalized spacial score (nSPS) is 12.8. The van der Waals surface area contributed by atoms with Crippen molar-refractivity contribution in [1.82, 2.24) is 5.32 Å². The van der Waals surface area contributed by atoms with Crippen LogP contribution in [0.5, 0.6) is 5.75 Å². The van der Waals surface area contributed by atoms with E-state index in [-0.39, 0.29) is 30.2 Å². The Morgan fingerprint density at radius 2 is 1.66 bits per heavy atom. The maximum atomic E-state index is 13.5. The monoisotopic (exact) mass is 478 g/mol. The highest BCUT2D eigenvalue weighted by Crippen LogP contribution is 2.61. The van der Waals surface area contributed by atoms with Crippen molar-refractivity contribution in [1.29, 1.82) is 0 Å². The molecule has 0 aromatic heterocycles. The van der Waals surface area contributed by atoms with Crippen molar-refractivity contribution in [3.63, 3.8) is 0 Å². The van der Waals surface area contributed by atoms with E-state index in [0.717, 1.165) is 23.5 Å². The second-order valence-electron chi connectivity index (χ2n) is 6.34. The quantitative estimate of drug-likeness (QED) is 0.268. The van der Waals surface area contributed by atoms with E-state index in [0.29, 0.717) is 0 Å². The summed E-state index contributed by atoms with van der Waals surface area (Å²) in [6.45, 7) is 3.17. The van der Waals surface area contributed by atoms with Crippen LogP contribution in [0.4, 0.5) is 23.2 Å². The molecule has 2 rings (SSSR count). The van der Waals surface area contributed by atoms with Gasteiger partial charge in [-0.25, -0.2) is 4.39 Å². The maximum absolute atomic E-state index is 13.5. The van der Waals surface area contributed by atoms with Crippen molar-refractivity contribution >= 4 is 19.2 Å². The number of carbonyl (C=O) groups is 1. The summed E-state index contributed by atoms with van der Waals surface area (Å²) in [5, 5.41) is 3.71. The molecule has 0 aliphatic heterocycles. The van der Waals surface area contributed by atoms with Crippen molar-refractivity contribution < 1.29 is 40.7 Å². The standard InChI is InChI=1S/C20H23F4N2O5P/c1-4-30-32(28,31-5-2)19(13-6-8-14(21)9-7-13)25-17-11-10-15(29-3)12-16(17)18(27)26-20(22,23)24/h6-12,19,25H,4-5H2,1-3H3,(H,26,27). The van der Waals surface area contributed by atoms with Crippen molar-refractivity contribution in [3.8, 4) is 5.75 Å². The Labute approximate surface area is 182 Å². The number of methoxy groups -OCH3 is 1. The van der Waals surface area contributed by atoms with Crippen LogP contribution in [0.15, 0.2) is 42.5 Å². The van der Waals surface area contributed by atoms with Gasteiger partial charge in [-0.1, -0.05) is 12.1 Å². The Hall–Kier alpha value is -2.62. The molecule has 0 aliphatic carbocycles. The molecule has 12 heteroatoms. The van der Waals surface area contributed by atoms with Crippen molar-refractivity contribution in [3.05, 3.63) is 59.4 Å². The zero-order valence-corrected chi connectivity index (χ0v) is 18.4. The minimum Gasteiger partial charge on any atom is -0.497 e. The molecule has 0 spiro atoms. The van der Waals surface area contributed by atoms with E-state index in [1.54, 1.807) is 13.8 Å². The summed E-state index contributed by atoms with van der Waals surface area (Å²) in [4.78, 5) is 12.3. The SMILES string of the molecule is CCOP(=O)(OCC)C(Nc1ccc(OC)cc1C(=O)NC(F)(F)F)c1ccc(F)cc1. The number of amides is 1. The lowest BCUT2D eigenvalue weighted by atomic mass is 10.1. The van der Waals surface area contributed by atoms with E-state index in [1.165, 1.54) is 31.4 Å². The molecule has 0 radical (unpaired) electrons. The maximum Gasteiger partial charge on any atom is 0.484 e. The lowest BCUT2D eigenvalue weighted by Crippen LogP contribution is -2.37. The first kappa shape index (κ1) is 25.6. The fraction of sp³-hybridized carbons (Fsp3) is 0.350. The summed E-state index contributed by atoms with van der Waals surface area (Å²) in [6.07, 6.45) is -4.97. The third-order valence-corrected chi connectivity index (χ3v) is 6.43. The molecule has 1 amide bonds. The van der Waals surface area contributed by atoms with Gasteiger partial charge in [0.15, 0.2) is 5.78 Å². The van der Waals surface area contributed by atoms with Gasteiger partial charge in [0.05, 0.1) is 25.9 Å². The summed E-state index contributed by atoms with van der Waals surface area (Å²) >= 11 is 0. The van der Waals surface area contributed by atoms with Crippen LogP contribution in [-0.4, -0.2) is 32.5 Å². The number of ether oxygens (including phenoxy) is 1. The van der Waals surface area contributed by atoms with Crippen molar-refractivity contribution in [2.24, 2.45) is 0 Å². The second-order valence-corrected chi connectivity index (χ2v) is 8.45. The molecule has 176 valence electrons. The van der Waals surface area contributed by atoms with E-state index in [1.807, 2.05) is 0 Å². The number of carbonyl (C=O) groups excluding carboxylic acids is 1. The lowest BCUT2D eigenvalue weighted by molar-refractivity contribution is -0.146. The molecular weight excluding hydrogens is 455 g/mol. The van der Waals surface area contributed by atoms with Gasteiger partial charge in [-0.15, -0.1) is 0 Å². The molecule has 32 heavy (non-hydrogen) atoms. The van der Waals surface area contributed by atoms with Crippen LogP contribution >= 0.6 is 7.60 Å². The van der Waals surface area contributed by atoms with Crippen LogP contribution in [0.1, 0.15) is 35.6 Å². The average molecular weight is 478 g/mol. The fourth-order valence-corrected chi connectivity index (χ4v) is 4.77. The van der Waals surface area contributed by atoms with E-state index in [9.17, 15) is 26.9 Å². The lowest BCUT2D eigenvalue weighted by Gasteiger charge is -2.29. The van der Waals surface area contributed by atoms with Crippen LogP contribution in [-0.2, 0) is 13.6 Å². The predicted octanol–water partition coefficient (Wildman–Crippen LogP) is 5.46. The Morgan fingerprint density at radius 3 is 2.16 bits per heavy atom. The largest absolute Gasteiger partial charge is 0.497 e. The first-order valence-corrected chi connectivity index (χ1v) is 11.1. The highest BCUT2D eigenvalue weighted by molar-refractivity contribution is 7.54. The molecule has 1 unspecified atom stereocenters. The third kappa shape index (κ3) is 6.69. The molecule has 2 N–H and O–H groups in total. The summed E-state index contributed by atoms with van der Waals surface area (Å²) in [5.41, 5.74) is -0.246. The van der Waals surface area contributed by atoms with E-state index < -0.39 is 37.0 Å². The molecule has 7 nitrogen and oxygen atoms in total. The molecule has 0 saturated heterocycles. The number of rotatable bonds is 10. The van der Waals surface area contributed by atoms with Gasteiger partial charge in [0.1, 0.15) is 11.6 Å². The van der Waals surface area contributed by atoms with Crippen molar-refractivity contribution in [2.45, 2.75) is 25.9 Å². The summed E-state index contributed by atoms with van der Waals surface area (Å²) in [7, 11) is -2.68. The Kier molecular flexibility index (Phi) is 8.65. The minimum absolute atomic E-state index is 0.000677. The van der Waals surface area contributed by atoms with Crippen molar-refractivity contribution in [2.75, 3.05) is 25.6 Å².